The molecule has 2 aromatic heterocycles. The highest BCUT2D eigenvalue weighted by atomic mass is 16.5. The molecular weight excluding hydrogens is 1370 g/mol. The molecule has 0 unspecified atom stereocenters. The number of phenolic OH excluding ortho intramolecular Hbond substituents is 5. The van der Waals surface area contributed by atoms with Gasteiger partial charge in [-0.15, -0.1) is 0 Å². The van der Waals surface area contributed by atoms with Crippen LogP contribution in [0, 0.1) is 31.6 Å². The van der Waals surface area contributed by atoms with Crippen LogP contribution in [0.3, 0.4) is 0 Å². The minimum absolute atomic E-state index is 0.0824. The summed E-state index contributed by atoms with van der Waals surface area (Å²) in [6, 6.07) is 28.6. The van der Waals surface area contributed by atoms with Crippen molar-refractivity contribution in [1.29, 1.82) is 0 Å². The van der Waals surface area contributed by atoms with Crippen LogP contribution in [0.2, 0.25) is 0 Å². The number of aromatic hydroxyl groups is 5. The van der Waals surface area contributed by atoms with Crippen LogP contribution in [0.15, 0.2) is 137 Å². The minimum atomic E-state index is -0.0852. The van der Waals surface area contributed by atoms with E-state index in [0.29, 0.717) is 70.2 Å². The molecule has 5 N–H and O–H groups in total. The molecule has 15 rings (SSSR count). The Labute approximate surface area is 664 Å². The third-order valence-electron chi connectivity index (χ3n) is 25.3. The van der Waals surface area contributed by atoms with Gasteiger partial charge in [-0.1, -0.05) is 173 Å². The maximum atomic E-state index is 10.7. The molecule has 596 valence electrons. The standard InChI is InChI=1S/C21H30O2.C21H26O2.C21H24O2.2C19H26O2/c1-5-6-7-8-15-11-18(22)20-17-13-21(4,23-19(20)12-15)10-9-16(17)14(2)3;2*1-5-6-7-8-15-11-17(22)20-18(12-15)23-21-14(4)9-10-16(13(2)3)19(20)21;2*1-5-6-13-9-16(20)18-15-11-19(4,21-17(18)10-13)8-7-14(15)12(2)3/h11-12,16-17,22H,2,5-10,13H2,1,3-4H3;9-13,22H,5-8H2,1-4H3;9-12,22H,2,5-8H2,1,3-4H3;2*9-10,14-15,20H,2,5-8,11H2,1,3-4H3/t16-,17+,21+;;;14-,15+,19+;14-,15-,19-/m0..01/s1. The van der Waals surface area contributed by atoms with E-state index in [-0.39, 0.29) is 16.8 Å². The summed E-state index contributed by atoms with van der Waals surface area (Å²) in [5, 5.41) is 56.7. The maximum Gasteiger partial charge on any atom is 0.139 e. The highest BCUT2D eigenvalue weighted by Gasteiger charge is 2.49. The van der Waals surface area contributed by atoms with Gasteiger partial charge in [0.2, 0.25) is 0 Å². The molecule has 3 fully saturated rings. The van der Waals surface area contributed by atoms with Crippen LogP contribution in [0.1, 0.15) is 316 Å². The van der Waals surface area contributed by atoms with Gasteiger partial charge in [-0.25, -0.2) is 0 Å². The minimum Gasteiger partial charge on any atom is -0.508 e. The molecule has 111 heavy (non-hydrogen) atoms. The molecular formula is C101H132O10. The molecule has 9 atom stereocenters. The zero-order valence-electron chi connectivity index (χ0n) is 70.4. The molecule has 10 heteroatoms. The van der Waals surface area contributed by atoms with Crippen molar-refractivity contribution < 1.29 is 48.6 Å². The lowest BCUT2D eigenvalue weighted by Gasteiger charge is -2.48. The highest BCUT2D eigenvalue weighted by Crippen LogP contribution is 2.59. The number of allylic oxidation sites excluding steroid dienone is 4. The molecule has 7 aromatic carbocycles. The quantitative estimate of drug-likeness (QED) is 0.0347. The summed E-state index contributed by atoms with van der Waals surface area (Å²) in [7, 11) is 0. The topological polar surface area (TPSA) is 155 Å². The Bertz CT molecular complexity index is 4770. The van der Waals surface area contributed by atoms with E-state index in [1.807, 2.05) is 50.2 Å². The van der Waals surface area contributed by atoms with Crippen LogP contribution in [-0.2, 0) is 32.1 Å². The van der Waals surface area contributed by atoms with Gasteiger partial charge in [-0.3, -0.25) is 0 Å². The fraction of sp³-hybridized carbons (Fsp3) is 0.505. The van der Waals surface area contributed by atoms with Crippen LogP contribution in [0.4, 0.5) is 0 Å². The van der Waals surface area contributed by atoms with E-state index in [4.69, 9.17) is 23.0 Å². The molecule has 10 nitrogen and oxygen atoms in total. The highest BCUT2D eigenvalue weighted by molar-refractivity contribution is 6.14. The number of benzene rings is 7. The fourth-order valence-electron chi connectivity index (χ4n) is 19.5. The Morgan fingerprint density at radius 1 is 0.405 bits per heavy atom. The van der Waals surface area contributed by atoms with Crippen LogP contribution in [0.5, 0.6) is 46.0 Å². The number of unbranched alkanes of at least 4 members (excludes halogenated alkanes) is 6. The number of hydrogen-bond acceptors (Lipinski definition) is 10. The number of rotatable bonds is 21. The predicted molar refractivity (Wildman–Crippen MR) is 463 cm³/mol. The van der Waals surface area contributed by atoms with Crippen LogP contribution in [-0.4, -0.2) is 42.3 Å². The number of hydrogen-bond donors (Lipinski definition) is 5. The van der Waals surface area contributed by atoms with Crippen molar-refractivity contribution in [2.24, 2.45) is 17.8 Å². The lowest BCUT2D eigenvalue weighted by atomic mass is 9.65. The lowest BCUT2D eigenvalue weighted by Crippen LogP contribution is -2.44. The summed E-state index contributed by atoms with van der Waals surface area (Å²) in [5.41, 5.74) is 21.1. The summed E-state index contributed by atoms with van der Waals surface area (Å²) in [6.45, 7) is 51.0. The van der Waals surface area contributed by atoms with Crippen molar-refractivity contribution in [1.82, 2.24) is 0 Å². The largest absolute Gasteiger partial charge is 0.508 e. The lowest BCUT2D eigenvalue weighted by molar-refractivity contribution is 0.00594. The Kier molecular flexibility index (Phi) is 26.5. The monoisotopic (exact) mass is 1500 g/mol. The first-order valence-corrected chi connectivity index (χ1v) is 42.5. The predicted octanol–water partition coefficient (Wildman–Crippen LogP) is 28.5. The van der Waals surface area contributed by atoms with E-state index in [1.165, 1.54) is 83.9 Å². The third-order valence-corrected chi connectivity index (χ3v) is 25.3. The van der Waals surface area contributed by atoms with Gasteiger partial charge in [0.1, 0.15) is 85.1 Å². The fourth-order valence-corrected chi connectivity index (χ4v) is 19.5. The van der Waals surface area contributed by atoms with E-state index < -0.39 is 0 Å². The maximum absolute atomic E-state index is 10.7. The Balaban J connectivity index is 0.000000137. The van der Waals surface area contributed by atoms with Crippen molar-refractivity contribution in [2.45, 2.75) is 312 Å². The van der Waals surface area contributed by atoms with Gasteiger partial charge in [0.15, 0.2) is 0 Å². The molecule has 5 heterocycles. The van der Waals surface area contributed by atoms with Gasteiger partial charge >= 0.3 is 0 Å². The van der Waals surface area contributed by atoms with Crippen LogP contribution in [0.25, 0.3) is 49.5 Å². The summed E-state index contributed by atoms with van der Waals surface area (Å²) < 4.78 is 31.2. The van der Waals surface area contributed by atoms with Gasteiger partial charge in [0, 0.05) is 45.2 Å². The molecule has 0 spiro atoms. The third kappa shape index (κ3) is 18.3. The number of fused-ring (bicyclic) bond motifs is 18. The van der Waals surface area contributed by atoms with Crippen LogP contribution < -0.4 is 14.2 Å². The van der Waals surface area contributed by atoms with Gasteiger partial charge in [0.25, 0.3) is 0 Å². The Hall–Kier alpha value is -8.50. The van der Waals surface area contributed by atoms with E-state index in [0.717, 1.165) is 227 Å². The van der Waals surface area contributed by atoms with E-state index in [1.54, 1.807) is 0 Å². The number of phenols is 5. The zero-order valence-corrected chi connectivity index (χ0v) is 70.4. The normalized spacial score (nSPS) is 22.3. The molecule has 3 aliphatic carbocycles. The summed E-state index contributed by atoms with van der Waals surface area (Å²) in [6.07, 6.45) is 27.3. The van der Waals surface area contributed by atoms with Crippen molar-refractivity contribution >= 4 is 49.5 Å². The first-order valence-electron chi connectivity index (χ1n) is 42.5. The van der Waals surface area contributed by atoms with Crippen molar-refractivity contribution in [2.75, 3.05) is 0 Å². The Morgan fingerprint density at radius 3 is 1.06 bits per heavy atom. The van der Waals surface area contributed by atoms with Crippen molar-refractivity contribution in [3.63, 3.8) is 0 Å². The number of ether oxygens (including phenoxy) is 3. The molecule has 9 aromatic rings. The van der Waals surface area contributed by atoms with Gasteiger partial charge in [-0.2, -0.15) is 0 Å². The van der Waals surface area contributed by atoms with Gasteiger partial charge in [0.05, 0.1) is 10.8 Å². The van der Waals surface area contributed by atoms with Gasteiger partial charge < -0.3 is 48.6 Å². The van der Waals surface area contributed by atoms with Crippen molar-refractivity contribution in [3.8, 4) is 46.0 Å². The van der Waals surface area contributed by atoms with Gasteiger partial charge in [-0.05, 0) is 306 Å². The number of furan rings is 2. The molecule has 6 bridgehead atoms. The molecule has 0 saturated heterocycles. The molecule has 0 radical (unpaired) electrons. The second-order valence-corrected chi connectivity index (χ2v) is 35.4. The summed E-state index contributed by atoms with van der Waals surface area (Å²) in [4.78, 5) is 0. The first-order chi connectivity index (χ1) is 52.8. The van der Waals surface area contributed by atoms with Crippen LogP contribution >= 0.6 is 0 Å². The van der Waals surface area contributed by atoms with E-state index in [9.17, 15) is 25.5 Å². The Morgan fingerprint density at radius 2 is 0.730 bits per heavy atom. The summed E-state index contributed by atoms with van der Waals surface area (Å²) >= 11 is 0. The van der Waals surface area contributed by atoms with Crippen molar-refractivity contribution in [3.05, 3.63) is 195 Å². The number of aryl methyl sites for hydroxylation is 7. The first kappa shape index (κ1) is 83.4. The average Bonchev–Trinajstić information content (AvgIpc) is 1.20. The second-order valence-electron chi connectivity index (χ2n) is 35.4. The smallest absolute Gasteiger partial charge is 0.139 e. The second kappa shape index (κ2) is 35.3. The zero-order chi connectivity index (χ0) is 80.1. The molecule has 3 saturated carbocycles. The van der Waals surface area contributed by atoms with E-state index in [2.05, 4.69) is 172 Å². The SMILES string of the molecule is C=C(C)[C@@H]1CC[C@]2(C)C[C@H]1c1c(O)cc(CCC)cc1O2.C=C(C)[C@@H]1CC[C@]2(C)C[C@H]1c1c(O)cc(CCCCC)cc1O2.C=C(C)[C@H]1CC[C@]2(C)C[C@H]1c1c(O)cc(CCC)cc1O2.C=C(C)c1ccc(C)c2oc3cc(CCCCC)cc(O)c3c12.CCCCCc1cc(O)c2c(c1)oc1c(C)ccc(C(C)C)c12. The molecule has 0 amide bonds. The molecule has 6 aliphatic rings. The van der Waals surface area contributed by atoms with E-state index >= 15 is 0 Å². The summed E-state index contributed by atoms with van der Waals surface area (Å²) in [5.74, 6) is 7.45. The molecule has 3 aliphatic heterocycles. The average molecular weight is 1510 g/mol.